The number of nitrogens with one attached hydrogen (secondary N) is 2. The maximum atomic E-state index is 12.9. The van der Waals surface area contributed by atoms with Gasteiger partial charge in [0.05, 0.1) is 0 Å². The molecule has 26 heavy (non-hydrogen) atoms. The largest absolute Gasteiger partial charge is 0.360 e. The molecule has 2 aliphatic heterocycles. The van der Waals surface area contributed by atoms with E-state index < -0.39 is 0 Å². The molecule has 4 rings (SSSR count). The first kappa shape index (κ1) is 17.5. The van der Waals surface area contributed by atoms with Crippen LogP contribution in [0, 0.1) is 5.41 Å². The van der Waals surface area contributed by atoms with Gasteiger partial charge in [0.1, 0.15) is 5.76 Å². The Labute approximate surface area is 153 Å². The molecule has 0 unspecified atom stereocenters. The average Bonchev–Trinajstić information content (AvgIpc) is 3.39. The van der Waals surface area contributed by atoms with Crippen LogP contribution in [0.1, 0.15) is 67.6 Å². The van der Waals surface area contributed by atoms with Crippen molar-refractivity contribution in [1.29, 1.82) is 0 Å². The van der Waals surface area contributed by atoms with Crippen molar-refractivity contribution in [2.75, 3.05) is 26.2 Å². The number of hydrogen-bond donors (Lipinski definition) is 2. The summed E-state index contributed by atoms with van der Waals surface area (Å²) in [7, 11) is 0. The van der Waals surface area contributed by atoms with E-state index in [-0.39, 0.29) is 23.3 Å². The van der Waals surface area contributed by atoms with E-state index in [4.69, 9.17) is 4.52 Å². The molecule has 0 aromatic carbocycles. The molecule has 7 nitrogen and oxygen atoms in total. The van der Waals surface area contributed by atoms with Crippen molar-refractivity contribution in [2.24, 2.45) is 5.41 Å². The Morgan fingerprint density at radius 3 is 2.58 bits per heavy atom. The van der Waals surface area contributed by atoms with Gasteiger partial charge in [-0.15, -0.1) is 0 Å². The van der Waals surface area contributed by atoms with Gasteiger partial charge in [0.15, 0.2) is 5.69 Å². The fraction of sp³-hybridized carbons (Fsp3) is 0.737. The van der Waals surface area contributed by atoms with Crippen molar-refractivity contribution in [2.45, 2.75) is 57.4 Å². The smallest absolute Gasteiger partial charge is 0.273 e. The summed E-state index contributed by atoms with van der Waals surface area (Å²) in [5.74, 6) is 1.38. The fourth-order valence-corrected chi connectivity index (χ4v) is 4.02. The molecule has 0 spiro atoms. The molecule has 2 amide bonds. The van der Waals surface area contributed by atoms with E-state index in [2.05, 4.69) is 22.7 Å². The molecule has 0 atom stereocenters. The summed E-state index contributed by atoms with van der Waals surface area (Å²) < 4.78 is 5.26. The first-order valence-corrected chi connectivity index (χ1v) is 9.83. The van der Waals surface area contributed by atoms with Gasteiger partial charge >= 0.3 is 0 Å². The van der Waals surface area contributed by atoms with E-state index in [0.29, 0.717) is 24.7 Å². The number of carbonyl (C=O) groups excluding carboxylic acids is 2. The predicted octanol–water partition coefficient (Wildman–Crippen LogP) is 1.66. The molecule has 142 valence electrons. The van der Waals surface area contributed by atoms with Crippen LogP contribution in [0.15, 0.2) is 10.6 Å². The van der Waals surface area contributed by atoms with Gasteiger partial charge in [-0.1, -0.05) is 12.1 Å². The molecule has 1 aromatic heterocycles. The third kappa shape index (κ3) is 3.63. The average molecular weight is 360 g/mol. The highest BCUT2D eigenvalue weighted by atomic mass is 16.5. The number of aromatic nitrogens is 1. The lowest BCUT2D eigenvalue weighted by molar-refractivity contribution is -0.143. The Morgan fingerprint density at radius 1 is 1.23 bits per heavy atom. The van der Waals surface area contributed by atoms with E-state index in [1.165, 1.54) is 0 Å². The normalized spacial score (nSPS) is 23.7. The van der Waals surface area contributed by atoms with Gasteiger partial charge in [-0.25, -0.2) is 0 Å². The van der Waals surface area contributed by atoms with Crippen molar-refractivity contribution in [1.82, 2.24) is 20.7 Å². The predicted molar refractivity (Wildman–Crippen MR) is 95.8 cm³/mol. The molecule has 0 radical (unpaired) electrons. The van der Waals surface area contributed by atoms with Crippen molar-refractivity contribution < 1.29 is 14.1 Å². The zero-order valence-corrected chi connectivity index (χ0v) is 15.4. The third-order valence-corrected chi connectivity index (χ3v) is 6.08. The van der Waals surface area contributed by atoms with Gasteiger partial charge in [-0.3, -0.25) is 9.59 Å². The molecule has 3 aliphatic rings. The van der Waals surface area contributed by atoms with Gasteiger partial charge in [0.25, 0.3) is 5.91 Å². The SMILES string of the molecule is CC1(C(=O)N2CCC(NC(=O)c3cc(C4CC4)on3)CC2)CCNCC1. The minimum absolute atomic E-state index is 0.0912. The van der Waals surface area contributed by atoms with Crippen LogP contribution >= 0.6 is 0 Å². The van der Waals surface area contributed by atoms with E-state index in [1.54, 1.807) is 6.07 Å². The Bertz CT molecular complexity index is 668. The molecular weight excluding hydrogens is 332 g/mol. The monoisotopic (exact) mass is 360 g/mol. The third-order valence-electron chi connectivity index (χ3n) is 6.08. The number of amides is 2. The van der Waals surface area contributed by atoms with Crippen LogP contribution in [-0.2, 0) is 4.79 Å². The molecular formula is C19H28N4O3. The second kappa shape index (κ2) is 7.02. The highest BCUT2D eigenvalue weighted by Gasteiger charge is 2.39. The molecule has 1 aromatic rings. The molecule has 1 saturated carbocycles. The summed E-state index contributed by atoms with van der Waals surface area (Å²) in [5, 5.41) is 10.3. The molecule has 2 saturated heterocycles. The standard InChI is InChI=1S/C19H28N4O3/c1-19(6-8-20-9-7-19)18(25)23-10-4-14(5-11-23)21-17(24)15-12-16(26-22-15)13-2-3-13/h12-14,20H,2-11H2,1H3,(H,21,24). The Hall–Kier alpha value is -1.89. The van der Waals surface area contributed by atoms with E-state index in [0.717, 1.165) is 57.4 Å². The summed E-state index contributed by atoms with van der Waals surface area (Å²) in [6, 6.07) is 1.86. The number of nitrogens with zero attached hydrogens (tertiary/aromatic N) is 2. The molecule has 2 N–H and O–H groups in total. The van der Waals surface area contributed by atoms with Crippen LogP contribution in [-0.4, -0.2) is 54.1 Å². The topological polar surface area (TPSA) is 87.5 Å². The lowest BCUT2D eigenvalue weighted by Crippen LogP contribution is -2.52. The second-order valence-electron chi connectivity index (χ2n) is 8.24. The Kier molecular flexibility index (Phi) is 4.73. The first-order chi connectivity index (χ1) is 12.5. The highest BCUT2D eigenvalue weighted by Crippen LogP contribution is 2.40. The first-order valence-electron chi connectivity index (χ1n) is 9.83. The Balaban J connectivity index is 1.27. The van der Waals surface area contributed by atoms with Gasteiger partial charge in [0, 0.05) is 36.5 Å². The number of piperidine rings is 2. The fourth-order valence-electron chi connectivity index (χ4n) is 4.02. The minimum Gasteiger partial charge on any atom is -0.360 e. The lowest BCUT2D eigenvalue weighted by atomic mass is 9.79. The van der Waals surface area contributed by atoms with Crippen LogP contribution in [0.4, 0.5) is 0 Å². The Morgan fingerprint density at radius 2 is 1.92 bits per heavy atom. The summed E-state index contributed by atoms with van der Waals surface area (Å²) in [5.41, 5.74) is 0.133. The van der Waals surface area contributed by atoms with Crippen LogP contribution < -0.4 is 10.6 Å². The van der Waals surface area contributed by atoms with Gasteiger partial charge in [-0.05, 0) is 51.6 Å². The van der Waals surface area contributed by atoms with Crippen LogP contribution in [0.5, 0.6) is 0 Å². The summed E-state index contributed by atoms with van der Waals surface area (Å²) >= 11 is 0. The maximum absolute atomic E-state index is 12.9. The van der Waals surface area contributed by atoms with Crippen molar-refractivity contribution in [3.63, 3.8) is 0 Å². The number of rotatable bonds is 4. The van der Waals surface area contributed by atoms with Gasteiger partial charge in [-0.2, -0.15) is 0 Å². The lowest BCUT2D eigenvalue weighted by Gasteiger charge is -2.40. The quantitative estimate of drug-likeness (QED) is 0.853. The molecule has 3 heterocycles. The van der Waals surface area contributed by atoms with Crippen molar-refractivity contribution in [3.05, 3.63) is 17.5 Å². The number of likely N-dealkylation sites (tertiary alicyclic amines) is 1. The van der Waals surface area contributed by atoms with Gasteiger partial charge < -0.3 is 20.1 Å². The zero-order chi connectivity index (χ0) is 18.1. The van der Waals surface area contributed by atoms with Crippen LogP contribution in [0.3, 0.4) is 0 Å². The molecule has 0 bridgehead atoms. The van der Waals surface area contributed by atoms with Crippen LogP contribution in [0.25, 0.3) is 0 Å². The maximum Gasteiger partial charge on any atom is 0.273 e. The summed E-state index contributed by atoms with van der Waals surface area (Å²) in [6.07, 6.45) is 5.63. The summed E-state index contributed by atoms with van der Waals surface area (Å²) in [6.45, 7) is 5.33. The van der Waals surface area contributed by atoms with Crippen molar-refractivity contribution >= 4 is 11.8 Å². The van der Waals surface area contributed by atoms with E-state index in [9.17, 15) is 9.59 Å². The highest BCUT2D eigenvalue weighted by molar-refractivity contribution is 5.92. The molecule has 3 fully saturated rings. The number of hydrogen-bond acceptors (Lipinski definition) is 5. The minimum atomic E-state index is -0.235. The van der Waals surface area contributed by atoms with E-state index >= 15 is 0 Å². The van der Waals surface area contributed by atoms with Crippen LogP contribution in [0.2, 0.25) is 0 Å². The zero-order valence-electron chi connectivity index (χ0n) is 15.4. The summed E-state index contributed by atoms with van der Waals surface area (Å²) in [4.78, 5) is 27.2. The van der Waals surface area contributed by atoms with E-state index in [1.807, 2.05) is 4.90 Å². The van der Waals surface area contributed by atoms with Crippen molar-refractivity contribution in [3.8, 4) is 0 Å². The second-order valence-corrected chi connectivity index (χ2v) is 8.24. The molecule has 1 aliphatic carbocycles. The number of carbonyl (C=O) groups is 2. The molecule has 7 heteroatoms. The van der Waals surface area contributed by atoms with Gasteiger partial charge in [0.2, 0.25) is 5.91 Å².